The SMILES string of the molecule is C=CCn1c(CNC(=O)c2ccc(Cl)cc2)nnc1SCC(=O)Nc1nc(-c2ccccc2)c(C)s1. The van der Waals surface area contributed by atoms with Crippen molar-refractivity contribution in [1.82, 2.24) is 25.1 Å². The second-order valence-electron chi connectivity index (χ2n) is 7.61. The quantitative estimate of drug-likeness (QED) is 0.212. The summed E-state index contributed by atoms with van der Waals surface area (Å²) >= 11 is 8.57. The van der Waals surface area contributed by atoms with Crippen molar-refractivity contribution in [2.24, 2.45) is 0 Å². The summed E-state index contributed by atoms with van der Waals surface area (Å²) in [5.41, 5.74) is 2.36. The number of rotatable bonds is 10. The van der Waals surface area contributed by atoms with Crippen molar-refractivity contribution in [1.29, 1.82) is 0 Å². The Morgan fingerprint density at radius 2 is 1.89 bits per heavy atom. The summed E-state index contributed by atoms with van der Waals surface area (Å²) in [6.07, 6.45) is 1.71. The normalized spacial score (nSPS) is 10.7. The molecule has 0 saturated heterocycles. The molecule has 36 heavy (non-hydrogen) atoms. The van der Waals surface area contributed by atoms with Gasteiger partial charge in [-0.2, -0.15) is 0 Å². The van der Waals surface area contributed by atoms with E-state index >= 15 is 0 Å². The van der Waals surface area contributed by atoms with E-state index in [1.807, 2.05) is 41.8 Å². The van der Waals surface area contributed by atoms with Crippen molar-refractivity contribution in [3.63, 3.8) is 0 Å². The molecule has 8 nitrogen and oxygen atoms in total. The largest absolute Gasteiger partial charge is 0.345 e. The first-order chi connectivity index (χ1) is 17.4. The van der Waals surface area contributed by atoms with Gasteiger partial charge in [0.25, 0.3) is 5.91 Å². The van der Waals surface area contributed by atoms with E-state index in [9.17, 15) is 9.59 Å². The monoisotopic (exact) mass is 538 g/mol. The van der Waals surface area contributed by atoms with Gasteiger partial charge in [0.15, 0.2) is 16.1 Å². The van der Waals surface area contributed by atoms with Gasteiger partial charge in [0, 0.05) is 27.6 Å². The standard InChI is InChI=1S/C25H23ClN6O2S2/c1-3-13-32-20(14-27-23(34)18-9-11-19(26)12-10-18)30-31-25(32)35-15-21(33)28-24-29-22(16(2)36-24)17-7-5-4-6-8-17/h3-12H,1,13-15H2,2H3,(H,27,34)(H,28,29,33). The van der Waals surface area contributed by atoms with Crippen LogP contribution in [-0.2, 0) is 17.9 Å². The Morgan fingerprint density at radius 1 is 1.14 bits per heavy atom. The molecule has 0 spiro atoms. The first kappa shape index (κ1) is 25.6. The van der Waals surface area contributed by atoms with Gasteiger partial charge in [0.2, 0.25) is 5.91 Å². The van der Waals surface area contributed by atoms with Crippen LogP contribution in [0.2, 0.25) is 5.02 Å². The van der Waals surface area contributed by atoms with Crippen LogP contribution in [0.5, 0.6) is 0 Å². The topological polar surface area (TPSA) is 102 Å². The third-order valence-electron chi connectivity index (χ3n) is 5.04. The summed E-state index contributed by atoms with van der Waals surface area (Å²) in [5, 5.41) is 15.8. The van der Waals surface area contributed by atoms with E-state index < -0.39 is 0 Å². The van der Waals surface area contributed by atoms with Crippen LogP contribution >= 0.6 is 34.7 Å². The number of aryl methyl sites for hydroxylation is 1. The predicted molar refractivity (Wildman–Crippen MR) is 144 cm³/mol. The van der Waals surface area contributed by atoms with E-state index in [0.717, 1.165) is 16.1 Å². The van der Waals surface area contributed by atoms with Gasteiger partial charge < -0.3 is 15.2 Å². The van der Waals surface area contributed by atoms with Crippen LogP contribution in [-0.4, -0.2) is 37.3 Å². The maximum atomic E-state index is 12.6. The first-order valence-electron chi connectivity index (χ1n) is 11.0. The van der Waals surface area contributed by atoms with Crippen molar-refractivity contribution in [3.8, 4) is 11.3 Å². The van der Waals surface area contributed by atoms with Gasteiger partial charge in [-0.25, -0.2) is 4.98 Å². The number of nitrogens with one attached hydrogen (secondary N) is 2. The summed E-state index contributed by atoms with van der Waals surface area (Å²) in [5.74, 6) is 0.246. The Balaban J connectivity index is 1.36. The third kappa shape index (κ3) is 6.39. The Bertz CT molecular complexity index is 1370. The van der Waals surface area contributed by atoms with Gasteiger partial charge in [0.1, 0.15) is 0 Å². The second-order valence-corrected chi connectivity index (χ2v) is 10.2. The molecule has 4 aromatic rings. The molecule has 0 aliphatic heterocycles. The number of aromatic nitrogens is 4. The molecule has 0 aliphatic rings. The lowest BCUT2D eigenvalue weighted by Crippen LogP contribution is -2.24. The van der Waals surface area contributed by atoms with Crippen molar-refractivity contribution in [2.45, 2.75) is 25.2 Å². The number of anilines is 1. The number of carbonyl (C=O) groups is 2. The molecule has 184 valence electrons. The molecule has 11 heteroatoms. The average Bonchev–Trinajstić information content (AvgIpc) is 3.44. The minimum absolute atomic E-state index is 0.131. The third-order valence-corrected chi connectivity index (χ3v) is 7.15. The van der Waals surface area contributed by atoms with Crippen LogP contribution in [0.3, 0.4) is 0 Å². The highest BCUT2D eigenvalue weighted by Gasteiger charge is 2.16. The Labute approximate surface area is 221 Å². The summed E-state index contributed by atoms with van der Waals surface area (Å²) in [7, 11) is 0. The highest BCUT2D eigenvalue weighted by Crippen LogP contribution is 2.30. The summed E-state index contributed by atoms with van der Waals surface area (Å²) < 4.78 is 1.81. The molecule has 0 unspecified atom stereocenters. The maximum Gasteiger partial charge on any atom is 0.251 e. The van der Waals surface area contributed by atoms with E-state index in [0.29, 0.717) is 33.2 Å². The fourth-order valence-electron chi connectivity index (χ4n) is 3.33. The van der Waals surface area contributed by atoms with Crippen molar-refractivity contribution >= 4 is 51.6 Å². The van der Waals surface area contributed by atoms with Gasteiger partial charge in [-0.3, -0.25) is 9.59 Å². The fraction of sp³-hybridized carbons (Fsp3) is 0.160. The highest BCUT2D eigenvalue weighted by atomic mass is 35.5. The van der Waals surface area contributed by atoms with E-state index in [1.54, 1.807) is 30.3 Å². The second kappa shape index (κ2) is 12.0. The molecule has 2 N–H and O–H groups in total. The molecular weight excluding hydrogens is 516 g/mol. The zero-order chi connectivity index (χ0) is 25.5. The van der Waals surface area contributed by atoms with Crippen molar-refractivity contribution in [3.05, 3.63) is 88.5 Å². The van der Waals surface area contributed by atoms with Gasteiger partial charge in [-0.15, -0.1) is 28.1 Å². The molecule has 2 amide bonds. The van der Waals surface area contributed by atoms with E-state index in [1.165, 1.54) is 23.1 Å². The number of halogens is 1. The van der Waals surface area contributed by atoms with Gasteiger partial charge in [0.05, 0.1) is 18.0 Å². The predicted octanol–water partition coefficient (Wildman–Crippen LogP) is 5.21. The van der Waals surface area contributed by atoms with Crippen LogP contribution in [0, 0.1) is 6.92 Å². The van der Waals surface area contributed by atoms with Crippen LogP contribution in [0.15, 0.2) is 72.4 Å². The summed E-state index contributed by atoms with van der Waals surface area (Å²) in [6.45, 7) is 6.38. The van der Waals surface area contributed by atoms with Crippen molar-refractivity contribution < 1.29 is 9.59 Å². The van der Waals surface area contributed by atoms with E-state index in [4.69, 9.17) is 11.6 Å². The Morgan fingerprint density at radius 3 is 2.61 bits per heavy atom. The molecule has 2 aromatic heterocycles. The molecule has 0 atom stereocenters. The Hall–Kier alpha value is -3.47. The first-order valence-corrected chi connectivity index (χ1v) is 13.1. The van der Waals surface area contributed by atoms with Crippen LogP contribution in [0.25, 0.3) is 11.3 Å². The molecule has 2 heterocycles. The molecule has 0 saturated carbocycles. The van der Waals surface area contributed by atoms with Crippen molar-refractivity contribution in [2.75, 3.05) is 11.1 Å². The summed E-state index contributed by atoms with van der Waals surface area (Å²) in [6, 6.07) is 16.5. The minimum atomic E-state index is -0.248. The van der Waals surface area contributed by atoms with E-state index in [-0.39, 0.29) is 24.1 Å². The van der Waals surface area contributed by atoms with Gasteiger partial charge in [-0.05, 0) is 31.2 Å². The zero-order valence-corrected chi connectivity index (χ0v) is 21.8. The van der Waals surface area contributed by atoms with Gasteiger partial charge in [-0.1, -0.05) is 59.8 Å². The summed E-state index contributed by atoms with van der Waals surface area (Å²) in [4.78, 5) is 30.6. The lowest BCUT2D eigenvalue weighted by atomic mass is 10.1. The number of thioether (sulfide) groups is 1. The van der Waals surface area contributed by atoms with E-state index in [2.05, 4.69) is 32.4 Å². The number of benzene rings is 2. The number of thiazole rings is 1. The lowest BCUT2D eigenvalue weighted by molar-refractivity contribution is -0.113. The maximum absolute atomic E-state index is 12.6. The molecule has 4 rings (SSSR count). The number of hydrogen-bond acceptors (Lipinski definition) is 7. The number of nitrogens with zero attached hydrogens (tertiary/aromatic N) is 4. The molecule has 0 bridgehead atoms. The molecule has 2 aromatic carbocycles. The van der Waals surface area contributed by atoms with Crippen LogP contribution < -0.4 is 10.6 Å². The van der Waals surface area contributed by atoms with Gasteiger partial charge >= 0.3 is 0 Å². The average molecular weight is 539 g/mol. The highest BCUT2D eigenvalue weighted by molar-refractivity contribution is 7.99. The molecule has 0 aliphatic carbocycles. The number of carbonyl (C=O) groups excluding carboxylic acids is 2. The number of hydrogen-bond donors (Lipinski definition) is 2. The zero-order valence-electron chi connectivity index (χ0n) is 19.4. The smallest absolute Gasteiger partial charge is 0.251 e. The van der Waals surface area contributed by atoms with Crippen LogP contribution in [0.1, 0.15) is 21.1 Å². The number of allylic oxidation sites excluding steroid dienone is 1. The molecular formula is C25H23ClN6O2S2. The molecule has 0 radical (unpaired) electrons. The lowest BCUT2D eigenvalue weighted by Gasteiger charge is -2.09. The Kier molecular flexibility index (Phi) is 8.52. The molecule has 0 fully saturated rings. The fourth-order valence-corrected chi connectivity index (χ4v) is 5.08. The van der Waals surface area contributed by atoms with Crippen LogP contribution in [0.4, 0.5) is 5.13 Å². The minimum Gasteiger partial charge on any atom is -0.345 e. The number of amides is 2.